The molecule has 0 saturated carbocycles. The Morgan fingerprint density at radius 2 is 1.65 bits per heavy atom. The molecular weight excluding hydrogens is 274 g/mol. The van der Waals surface area contributed by atoms with E-state index in [1.807, 2.05) is 60.7 Å². The van der Waals surface area contributed by atoms with Gasteiger partial charge in [-0.1, -0.05) is 58.4 Å². The van der Waals surface area contributed by atoms with Crippen molar-refractivity contribution in [3.8, 4) is 6.07 Å². The molecule has 0 heterocycles. The van der Waals surface area contributed by atoms with Gasteiger partial charge < -0.3 is 0 Å². The molecule has 0 atom stereocenters. The summed E-state index contributed by atoms with van der Waals surface area (Å²) in [5, 5.41) is 8.70. The Hall–Kier alpha value is -1.85. The van der Waals surface area contributed by atoms with Crippen molar-refractivity contribution in [1.82, 2.24) is 0 Å². The maximum atomic E-state index is 8.70. The highest BCUT2D eigenvalue weighted by atomic mass is 79.9. The van der Waals surface area contributed by atoms with E-state index in [2.05, 4.69) is 22.0 Å². The molecule has 2 aromatic rings. The summed E-state index contributed by atoms with van der Waals surface area (Å²) in [6.45, 7) is 0. The number of benzene rings is 2. The Morgan fingerprint density at radius 3 is 2.29 bits per heavy atom. The summed E-state index contributed by atoms with van der Waals surface area (Å²) in [6, 6.07) is 17.7. The monoisotopic (exact) mass is 283 g/mol. The number of rotatable bonds is 2. The quantitative estimate of drug-likeness (QED) is 0.745. The van der Waals surface area contributed by atoms with Crippen LogP contribution in [0.1, 0.15) is 16.7 Å². The van der Waals surface area contributed by atoms with Crippen LogP contribution in [-0.4, -0.2) is 0 Å². The van der Waals surface area contributed by atoms with E-state index < -0.39 is 0 Å². The average Bonchev–Trinajstić information content (AvgIpc) is 2.38. The van der Waals surface area contributed by atoms with Crippen LogP contribution in [0.3, 0.4) is 0 Å². The Morgan fingerprint density at radius 1 is 0.941 bits per heavy atom. The van der Waals surface area contributed by atoms with E-state index in [0.29, 0.717) is 5.56 Å². The fourth-order valence-corrected chi connectivity index (χ4v) is 1.88. The van der Waals surface area contributed by atoms with Crippen molar-refractivity contribution in [1.29, 1.82) is 5.26 Å². The van der Waals surface area contributed by atoms with Crippen LogP contribution >= 0.6 is 15.9 Å². The average molecular weight is 284 g/mol. The SMILES string of the molecule is N#Cc1ccc(C=Cc2ccccc2Br)cc1. The van der Waals surface area contributed by atoms with Gasteiger partial charge in [0, 0.05) is 4.47 Å². The summed E-state index contributed by atoms with van der Waals surface area (Å²) in [5.41, 5.74) is 2.90. The first-order chi connectivity index (χ1) is 8.29. The topological polar surface area (TPSA) is 23.8 Å². The molecule has 0 spiro atoms. The number of nitriles is 1. The van der Waals surface area contributed by atoms with E-state index in [0.717, 1.165) is 15.6 Å². The minimum absolute atomic E-state index is 0.683. The van der Waals surface area contributed by atoms with Gasteiger partial charge in [0.05, 0.1) is 11.6 Å². The van der Waals surface area contributed by atoms with Gasteiger partial charge in [-0.2, -0.15) is 5.26 Å². The maximum absolute atomic E-state index is 8.70. The molecule has 2 rings (SSSR count). The Labute approximate surface area is 109 Å². The second kappa shape index (κ2) is 5.47. The third kappa shape index (κ3) is 3.05. The van der Waals surface area contributed by atoms with Gasteiger partial charge in [-0.25, -0.2) is 0 Å². The fourth-order valence-electron chi connectivity index (χ4n) is 1.47. The highest BCUT2D eigenvalue weighted by molar-refractivity contribution is 9.10. The molecule has 0 unspecified atom stereocenters. The van der Waals surface area contributed by atoms with Gasteiger partial charge in [-0.3, -0.25) is 0 Å². The van der Waals surface area contributed by atoms with Crippen molar-refractivity contribution < 1.29 is 0 Å². The molecule has 2 heteroatoms. The van der Waals surface area contributed by atoms with Crippen molar-refractivity contribution in [2.45, 2.75) is 0 Å². The molecule has 0 amide bonds. The van der Waals surface area contributed by atoms with E-state index in [1.54, 1.807) is 0 Å². The number of halogens is 1. The van der Waals surface area contributed by atoms with Gasteiger partial charge in [-0.15, -0.1) is 0 Å². The van der Waals surface area contributed by atoms with Crippen LogP contribution in [0.25, 0.3) is 12.2 Å². The van der Waals surface area contributed by atoms with Crippen LogP contribution in [0, 0.1) is 11.3 Å². The lowest BCUT2D eigenvalue weighted by molar-refractivity contribution is 1.48. The second-order valence-electron chi connectivity index (χ2n) is 3.59. The lowest BCUT2D eigenvalue weighted by atomic mass is 10.1. The van der Waals surface area contributed by atoms with Gasteiger partial charge in [0.15, 0.2) is 0 Å². The predicted molar refractivity (Wildman–Crippen MR) is 74.2 cm³/mol. The zero-order valence-electron chi connectivity index (χ0n) is 9.10. The molecule has 0 fully saturated rings. The summed E-state index contributed by atoms with van der Waals surface area (Å²) in [6.07, 6.45) is 4.08. The molecule has 82 valence electrons. The van der Waals surface area contributed by atoms with Crippen LogP contribution in [0.5, 0.6) is 0 Å². The van der Waals surface area contributed by atoms with Crippen LogP contribution in [0.4, 0.5) is 0 Å². The normalized spacial score (nSPS) is 10.4. The van der Waals surface area contributed by atoms with Crippen LogP contribution in [0.2, 0.25) is 0 Å². The van der Waals surface area contributed by atoms with E-state index in [-0.39, 0.29) is 0 Å². The molecule has 0 saturated heterocycles. The second-order valence-corrected chi connectivity index (χ2v) is 4.44. The molecule has 0 bridgehead atoms. The van der Waals surface area contributed by atoms with Gasteiger partial charge >= 0.3 is 0 Å². The zero-order chi connectivity index (χ0) is 12.1. The minimum Gasteiger partial charge on any atom is -0.192 e. The molecule has 0 N–H and O–H groups in total. The molecule has 0 radical (unpaired) electrons. The van der Waals surface area contributed by atoms with Gasteiger partial charge in [0.25, 0.3) is 0 Å². The minimum atomic E-state index is 0.683. The summed E-state index contributed by atoms with van der Waals surface area (Å²) in [4.78, 5) is 0. The lowest BCUT2D eigenvalue weighted by Crippen LogP contribution is -1.76. The maximum Gasteiger partial charge on any atom is 0.0991 e. The molecule has 0 aliphatic heterocycles. The van der Waals surface area contributed by atoms with E-state index in [4.69, 9.17) is 5.26 Å². The number of nitrogens with zero attached hydrogens (tertiary/aromatic N) is 1. The summed E-state index contributed by atoms with van der Waals surface area (Å²) in [5.74, 6) is 0. The fraction of sp³-hybridized carbons (Fsp3) is 0. The van der Waals surface area contributed by atoms with E-state index in [9.17, 15) is 0 Å². The van der Waals surface area contributed by atoms with Crippen molar-refractivity contribution in [3.05, 3.63) is 69.7 Å². The Kier molecular flexibility index (Phi) is 3.74. The van der Waals surface area contributed by atoms with Crippen molar-refractivity contribution in [2.24, 2.45) is 0 Å². The van der Waals surface area contributed by atoms with E-state index >= 15 is 0 Å². The first-order valence-electron chi connectivity index (χ1n) is 5.22. The first kappa shape index (κ1) is 11.6. The smallest absolute Gasteiger partial charge is 0.0991 e. The molecule has 0 aromatic heterocycles. The number of hydrogen-bond donors (Lipinski definition) is 0. The molecule has 1 nitrogen and oxygen atoms in total. The Balaban J connectivity index is 2.21. The Bertz CT molecular complexity index is 577. The largest absolute Gasteiger partial charge is 0.192 e. The van der Waals surface area contributed by atoms with Crippen LogP contribution in [0.15, 0.2) is 53.0 Å². The van der Waals surface area contributed by atoms with Gasteiger partial charge in [0.2, 0.25) is 0 Å². The summed E-state index contributed by atoms with van der Waals surface area (Å²) < 4.78 is 1.07. The van der Waals surface area contributed by atoms with E-state index in [1.165, 1.54) is 0 Å². The highest BCUT2D eigenvalue weighted by Gasteiger charge is 1.93. The summed E-state index contributed by atoms with van der Waals surface area (Å²) in [7, 11) is 0. The number of hydrogen-bond acceptors (Lipinski definition) is 1. The molecule has 0 aliphatic carbocycles. The zero-order valence-corrected chi connectivity index (χ0v) is 10.7. The molecule has 0 aliphatic rings. The van der Waals surface area contributed by atoms with Crippen molar-refractivity contribution in [2.75, 3.05) is 0 Å². The standard InChI is InChI=1S/C15H10BrN/c16-15-4-2-1-3-14(15)10-9-12-5-7-13(11-17)8-6-12/h1-10H. The summed E-state index contributed by atoms with van der Waals surface area (Å²) >= 11 is 3.50. The highest BCUT2D eigenvalue weighted by Crippen LogP contribution is 2.18. The van der Waals surface area contributed by atoms with Gasteiger partial charge in [-0.05, 0) is 29.3 Å². The van der Waals surface area contributed by atoms with Crippen molar-refractivity contribution in [3.63, 3.8) is 0 Å². The predicted octanol–water partition coefficient (Wildman–Crippen LogP) is 4.49. The van der Waals surface area contributed by atoms with Crippen molar-refractivity contribution >= 4 is 28.1 Å². The molecule has 17 heavy (non-hydrogen) atoms. The lowest BCUT2D eigenvalue weighted by Gasteiger charge is -1.97. The van der Waals surface area contributed by atoms with Crippen LogP contribution < -0.4 is 0 Å². The van der Waals surface area contributed by atoms with Gasteiger partial charge in [0.1, 0.15) is 0 Å². The third-order valence-electron chi connectivity index (χ3n) is 2.40. The molecular formula is C15H10BrN. The van der Waals surface area contributed by atoms with Crippen LogP contribution in [-0.2, 0) is 0 Å². The third-order valence-corrected chi connectivity index (χ3v) is 3.12. The first-order valence-corrected chi connectivity index (χ1v) is 6.01. The molecule has 2 aromatic carbocycles.